The van der Waals surface area contributed by atoms with Gasteiger partial charge in [-0.3, -0.25) is 19.4 Å². The highest BCUT2D eigenvalue weighted by atomic mass is 16.7. The number of rotatable bonds is 4. The first kappa shape index (κ1) is 18.3. The number of nitrogens with zero attached hydrogens (tertiary/aromatic N) is 3. The number of anilines is 2. The van der Waals surface area contributed by atoms with Gasteiger partial charge in [0.05, 0.1) is 24.5 Å². The average molecular weight is 401 g/mol. The second kappa shape index (κ2) is 7.27. The highest BCUT2D eigenvalue weighted by Crippen LogP contribution is 2.47. The van der Waals surface area contributed by atoms with Crippen molar-refractivity contribution in [3.63, 3.8) is 0 Å². The molecule has 2 aliphatic heterocycles. The Morgan fingerprint density at radius 3 is 2.33 bits per heavy atom. The van der Waals surface area contributed by atoms with Crippen LogP contribution in [0.25, 0.3) is 0 Å². The van der Waals surface area contributed by atoms with E-state index in [-0.39, 0.29) is 11.8 Å². The fourth-order valence-corrected chi connectivity index (χ4v) is 4.09. The molecule has 7 nitrogen and oxygen atoms in total. The number of amides is 2. The number of methoxy groups -OCH3 is 1. The number of hydrogen-bond donors (Lipinski definition) is 0. The Morgan fingerprint density at radius 2 is 1.67 bits per heavy atom. The first-order valence-electron chi connectivity index (χ1n) is 9.62. The van der Waals surface area contributed by atoms with Gasteiger partial charge in [0.25, 0.3) is 5.91 Å². The summed E-state index contributed by atoms with van der Waals surface area (Å²) in [5.74, 6) is -0.688. The first-order chi connectivity index (χ1) is 14.7. The molecule has 2 fully saturated rings. The van der Waals surface area contributed by atoms with Crippen LogP contribution in [-0.2, 0) is 14.4 Å². The molecule has 3 atom stereocenters. The lowest BCUT2D eigenvalue weighted by atomic mass is 9.91. The Hall–Kier alpha value is -3.71. The number of imide groups is 1. The Balaban J connectivity index is 1.55. The summed E-state index contributed by atoms with van der Waals surface area (Å²) in [4.78, 5) is 38.2. The summed E-state index contributed by atoms with van der Waals surface area (Å²) >= 11 is 0. The van der Waals surface area contributed by atoms with Crippen LogP contribution in [0.4, 0.5) is 11.4 Å². The molecule has 0 aliphatic carbocycles. The van der Waals surface area contributed by atoms with E-state index in [1.165, 1.54) is 4.90 Å². The second-order valence-electron chi connectivity index (χ2n) is 7.15. The van der Waals surface area contributed by atoms with E-state index in [0.29, 0.717) is 11.4 Å². The summed E-state index contributed by atoms with van der Waals surface area (Å²) in [5.41, 5.74) is 2.09. The first-order valence-corrected chi connectivity index (χ1v) is 9.62. The number of fused-ring (bicyclic) bond motifs is 1. The fourth-order valence-electron chi connectivity index (χ4n) is 4.09. The molecule has 3 heterocycles. The highest BCUT2D eigenvalue weighted by molar-refractivity contribution is 6.23. The minimum absolute atomic E-state index is 0.289. The molecule has 0 bridgehead atoms. The number of benzene rings is 2. The number of carbonyl (C=O) groups is 2. The molecule has 0 saturated carbocycles. The van der Waals surface area contributed by atoms with Crippen molar-refractivity contribution < 1.29 is 19.2 Å². The van der Waals surface area contributed by atoms with Crippen molar-refractivity contribution in [3.05, 3.63) is 84.7 Å². The lowest BCUT2D eigenvalue weighted by molar-refractivity contribution is -0.126. The van der Waals surface area contributed by atoms with E-state index in [2.05, 4.69) is 4.98 Å². The van der Waals surface area contributed by atoms with E-state index in [0.717, 1.165) is 11.3 Å². The number of para-hydroxylation sites is 1. The maximum atomic E-state index is 13.5. The van der Waals surface area contributed by atoms with E-state index in [4.69, 9.17) is 9.57 Å². The van der Waals surface area contributed by atoms with Gasteiger partial charge in [0.1, 0.15) is 11.7 Å². The van der Waals surface area contributed by atoms with Crippen LogP contribution < -0.4 is 14.7 Å². The van der Waals surface area contributed by atoms with Crippen LogP contribution in [0.15, 0.2) is 79.1 Å². The molecule has 5 rings (SSSR count). The molecule has 0 radical (unpaired) electrons. The predicted molar refractivity (Wildman–Crippen MR) is 110 cm³/mol. The zero-order chi connectivity index (χ0) is 20.7. The Kier molecular flexibility index (Phi) is 4.44. The molecular formula is C23H19N3O4. The Labute approximate surface area is 173 Å². The van der Waals surface area contributed by atoms with Gasteiger partial charge in [-0.05, 0) is 48.0 Å². The topological polar surface area (TPSA) is 72.0 Å². The number of hydroxylamine groups is 1. The van der Waals surface area contributed by atoms with Crippen molar-refractivity contribution in [2.24, 2.45) is 5.92 Å². The van der Waals surface area contributed by atoms with Gasteiger partial charge in [0.2, 0.25) is 5.91 Å². The lowest BCUT2D eigenvalue weighted by Gasteiger charge is -2.28. The number of pyridine rings is 1. The van der Waals surface area contributed by atoms with Crippen LogP contribution in [-0.4, -0.2) is 30.0 Å². The van der Waals surface area contributed by atoms with Crippen molar-refractivity contribution in [1.29, 1.82) is 0 Å². The molecule has 0 spiro atoms. The van der Waals surface area contributed by atoms with Gasteiger partial charge in [-0.1, -0.05) is 24.3 Å². The van der Waals surface area contributed by atoms with Gasteiger partial charge in [-0.2, -0.15) is 0 Å². The fraction of sp³-hybridized carbons (Fsp3) is 0.174. The van der Waals surface area contributed by atoms with Crippen molar-refractivity contribution in [1.82, 2.24) is 4.98 Å². The van der Waals surface area contributed by atoms with Crippen LogP contribution >= 0.6 is 0 Å². The third-order valence-electron chi connectivity index (χ3n) is 5.48. The molecule has 7 heteroatoms. The number of aromatic nitrogens is 1. The standard InChI is InChI=1S/C23H19N3O4/c1-29-18-11-9-16(10-12-18)25-22(27)19-20(15-6-5-13-24-14-15)26(30-21(19)23(25)28)17-7-3-2-4-8-17/h2-14,19-21H,1H3/t19-,20+,21-/m0/s1. The molecular weight excluding hydrogens is 382 g/mol. The maximum Gasteiger partial charge on any atom is 0.266 e. The van der Waals surface area contributed by atoms with Crippen LogP contribution in [0.3, 0.4) is 0 Å². The summed E-state index contributed by atoms with van der Waals surface area (Å²) in [7, 11) is 1.57. The second-order valence-corrected chi connectivity index (χ2v) is 7.15. The minimum Gasteiger partial charge on any atom is -0.497 e. The molecule has 0 N–H and O–H groups in total. The third-order valence-corrected chi connectivity index (χ3v) is 5.48. The van der Waals surface area contributed by atoms with Gasteiger partial charge in [0.15, 0.2) is 6.10 Å². The van der Waals surface area contributed by atoms with E-state index >= 15 is 0 Å². The minimum atomic E-state index is -0.898. The lowest BCUT2D eigenvalue weighted by Crippen LogP contribution is -2.37. The van der Waals surface area contributed by atoms with Gasteiger partial charge >= 0.3 is 0 Å². The van der Waals surface area contributed by atoms with Crippen LogP contribution in [0.5, 0.6) is 5.75 Å². The van der Waals surface area contributed by atoms with Gasteiger partial charge < -0.3 is 4.74 Å². The summed E-state index contributed by atoms with van der Waals surface area (Å²) in [6, 6.07) is 19.5. The molecule has 1 aromatic heterocycles. The average Bonchev–Trinajstić information content (AvgIpc) is 3.31. The molecule has 2 aliphatic rings. The summed E-state index contributed by atoms with van der Waals surface area (Å²) in [6.45, 7) is 0. The molecule has 2 saturated heterocycles. The molecule has 2 amide bonds. The van der Waals surface area contributed by atoms with E-state index in [1.54, 1.807) is 48.8 Å². The molecule has 2 aromatic carbocycles. The van der Waals surface area contributed by atoms with Crippen molar-refractivity contribution in [3.8, 4) is 5.75 Å². The van der Waals surface area contributed by atoms with Crippen molar-refractivity contribution >= 4 is 23.2 Å². The zero-order valence-corrected chi connectivity index (χ0v) is 16.2. The normalized spacial score (nSPS) is 23.0. The maximum absolute atomic E-state index is 13.5. The van der Waals surface area contributed by atoms with Gasteiger partial charge in [0, 0.05) is 12.4 Å². The van der Waals surface area contributed by atoms with E-state index in [1.807, 2.05) is 42.5 Å². The summed E-state index contributed by atoms with van der Waals surface area (Å²) in [5, 5.41) is 1.66. The molecule has 150 valence electrons. The van der Waals surface area contributed by atoms with Crippen LogP contribution in [0, 0.1) is 5.92 Å². The Bertz CT molecular complexity index is 1070. The summed E-state index contributed by atoms with van der Waals surface area (Å²) in [6.07, 6.45) is 2.49. The van der Waals surface area contributed by atoms with Gasteiger partial charge in [-0.15, -0.1) is 0 Å². The number of ether oxygens (including phenoxy) is 1. The molecule has 30 heavy (non-hydrogen) atoms. The third kappa shape index (κ3) is 2.83. The number of carbonyl (C=O) groups excluding carboxylic acids is 2. The quantitative estimate of drug-likeness (QED) is 0.626. The van der Waals surface area contributed by atoms with E-state index in [9.17, 15) is 9.59 Å². The predicted octanol–water partition coefficient (Wildman–Crippen LogP) is 3.14. The number of hydrogen-bond acceptors (Lipinski definition) is 6. The van der Waals surface area contributed by atoms with Crippen LogP contribution in [0.2, 0.25) is 0 Å². The molecule has 3 aromatic rings. The zero-order valence-electron chi connectivity index (χ0n) is 16.2. The van der Waals surface area contributed by atoms with Crippen molar-refractivity contribution in [2.75, 3.05) is 17.1 Å². The van der Waals surface area contributed by atoms with Crippen LogP contribution in [0.1, 0.15) is 11.6 Å². The monoisotopic (exact) mass is 401 g/mol. The Morgan fingerprint density at radius 1 is 0.900 bits per heavy atom. The largest absolute Gasteiger partial charge is 0.497 e. The van der Waals surface area contributed by atoms with Crippen molar-refractivity contribution in [2.45, 2.75) is 12.1 Å². The van der Waals surface area contributed by atoms with E-state index < -0.39 is 18.1 Å². The summed E-state index contributed by atoms with van der Waals surface area (Å²) < 4.78 is 5.17. The molecule has 0 unspecified atom stereocenters. The highest BCUT2D eigenvalue weighted by Gasteiger charge is 2.60. The van der Waals surface area contributed by atoms with Gasteiger partial charge in [-0.25, -0.2) is 9.96 Å². The smallest absolute Gasteiger partial charge is 0.266 e. The SMILES string of the molecule is COc1ccc(N2C(=O)[C@@H]3[C@H](ON(c4ccccc4)[C@@H]3c3cccnc3)C2=O)cc1.